The van der Waals surface area contributed by atoms with E-state index in [-0.39, 0.29) is 26.4 Å². The second-order valence-corrected chi connectivity index (χ2v) is 22.7. The van der Waals surface area contributed by atoms with Gasteiger partial charge in [0.1, 0.15) is 19.8 Å². The Morgan fingerprint density at radius 1 is 0.241 bits per heavy atom. The molecule has 0 saturated carbocycles. The maximum atomic E-state index is 10.8. The van der Waals surface area contributed by atoms with Crippen molar-refractivity contribution in [3.05, 3.63) is 81.9 Å². The van der Waals surface area contributed by atoms with Crippen molar-refractivity contribution >= 4 is 0 Å². The number of ether oxygens (including phenoxy) is 10. The summed E-state index contributed by atoms with van der Waals surface area (Å²) < 4.78 is 66.5. The predicted octanol–water partition coefficient (Wildman–Crippen LogP) is 20.2. The molecule has 83 heavy (non-hydrogen) atoms. The van der Waals surface area contributed by atoms with Crippen molar-refractivity contribution in [1.29, 1.82) is 0 Å². The smallest absolute Gasteiger partial charge is 0.203 e. The largest absolute Gasteiger partial charge is 0.490 e. The van der Waals surface area contributed by atoms with E-state index in [1.54, 1.807) is 0 Å². The molecule has 0 fully saturated rings. The fourth-order valence-corrected chi connectivity index (χ4v) is 9.96. The van der Waals surface area contributed by atoms with Crippen LogP contribution in [0.3, 0.4) is 0 Å². The van der Waals surface area contributed by atoms with Crippen molar-refractivity contribution < 1.29 is 52.5 Å². The molecule has 0 aliphatic rings. The molecule has 11 heteroatoms. The molecule has 0 spiro atoms. The lowest BCUT2D eigenvalue weighted by atomic mass is 10.1. The minimum atomic E-state index is -0.232. The van der Waals surface area contributed by atoms with Crippen molar-refractivity contribution in [2.45, 2.75) is 269 Å². The zero-order valence-electron chi connectivity index (χ0n) is 53.7. The molecule has 0 amide bonds. The number of benzene rings is 4. The van der Waals surface area contributed by atoms with Crippen molar-refractivity contribution in [1.82, 2.24) is 0 Å². The standard InChI is InChI=1S/C72H114O11/c1-10-17-24-31-38-74-63-49-60(45-57(8)69(63)78-42-35-28-21-14-5)54-81-67-47-59(53-73)48-68(82-55-61-46-58(9)70(79-43-36-29-22-15-6)64(50-61)75-39-32-25-18-11-2)72(67)83-56-62-51-65(76-40-33-26-19-12-3)71(80-44-37-30-23-16-7)66(52-62)77-41-34-27-20-13-4/h45-52,73H,10-44,53-56H2,1-9H3. The fourth-order valence-electron chi connectivity index (χ4n) is 9.96. The quantitative estimate of drug-likeness (QED) is 0.0427. The Morgan fingerprint density at radius 2 is 0.470 bits per heavy atom. The summed E-state index contributed by atoms with van der Waals surface area (Å²) in [6.07, 6.45) is 30.9. The molecule has 1 N–H and O–H groups in total. The van der Waals surface area contributed by atoms with Gasteiger partial charge in [0, 0.05) is 0 Å². The molecule has 0 bridgehead atoms. The highest BCUT2D eigenvalue weighted by Gasteiger charge is 2.22. The molecule has 0 atom stereocenters. The zero-order valence-corrected chi connectivity index (χ0v) is 53.7. The van der Waals surface area contributed by atoms with E-state index >= 15 is 0 Å². The molecule has 11 nitrogen and oxygen atoms in total. The first-order chi connectivity index (χ1) is 40.7. The number of unbranched alkanes of at least 4 members (excludes halogenated alkanes) is 21. The summed E-state index contributed by atoms with van der Waals surface area (Å²) in [4.78, 5) is 0. The van der Waals surface area contributed by atoms with Crippen LogP contribution in [0.1, 0.15) is 262 Å². The topological polar surface area (TPSA) is 113 Å². The van der Waals surface area contributed by atoms with E-state index in [9.17, 15) is 5.11 Å². The van der Waals surface area contributed by atoms with Crippen molar-refractivity contribution in [3.63, 3.8) is 0 Å². The van der Waals surface area contributed by atoms with Gasteiger partial charge in [-0.15, -0.1) is 0 Å². The molecule has 0 saturated heterocycles. The van der Waals surface area contributed by atoms with Crippen LogP contribution in [-0.4, -0.2) is 51.4 Å². The Bertz CT molecular complexity index is 2170. The van der Waals surface area contributed by atoms with E-state index in [0.717, 1.165) is 186 Å². The van der Waals surface area contributed by atoms with Crippen LogP contribution in [0.2, 0.25) is 0 Å². The highest BCUT2D eigenvalue weighted by atomic mass is 16.6. The van der Waals surface area contributed by atoms with Crippen LogP contribution < -0.4 is 47.4 Å². The van der Waals surface area contributed by atoms with Crippen molar-refractivity contribution in [2.75, 3.05) is 46.2 Å². The summed E-state index contributed by atoms with van der Waals surface area (Å²) in [5, 5.41) is 10.8. The van der Waals surface area contributed by atoms with E-state index in [0.29, 0.717) is 86.3 Å². The Balaban J connectivity index is 1.81. The minimum Gasteiger partial charge on any atom is -0.490 e. The summed E-state index contributed by atoms with van der Waals surface area (Å²) in [5.74, 6) is 6.29. The summed E-state index contributed by atoms with van der Waals surface area (Å²) in [6.45, 7) is 24.2. The van der Waals surface area contributed by atoms with Crippen LogP contribution in [0.25, 0.3) is 0 Å². The molecular weight excluding hydrogens is 1040 g/mol. The van der Waals surface area contributed by atoms with Crippen LogP contribution in [0.4, 0.5) is 0 Å². The molecule has 4 rings (SSSR count). The lowest BCUT2D eigenvalue weighted by molar-refractivity contribution is 0.221. The van der Waals surface area contributed by atoms with Crippen LogP contribution in [-0.2, 0) is 26.4 Å². The molecule has 468 valence electrons. The molecule has 4 aromatic carbocycles. The van der Waals surface area contributed by atoms with Gasteiger partial charge in [0.05, 0.1) is 52.9 Å². The summed E-state index contributed by atoms with van der Waals surface area (Å²) >= 11 is 0. The van der Waals surface area contributed by atoms with Crippen molar-refractivity contribution in [3.8, 4) is 57.5 Å². The van der Waals surface area contributed by atoms with E-state index in [1.165, 1.54) is 44.9 Å². The van der Waals surface area contributed by atoms with Gasteiger partial charge < -0.3 is 52.5 Å². The third kappa shape index (κ3) is 27.6. The normalized spacial score (nSPS) is 11.2. The van der Waals surface area contributed by atoms with Gasteiger partial charge in [-0.25, -0.2) is 0 Å². The number of aryl methyl sites for hydroxylation is 2. The van der Waals surface area contributed by atoms with Crippen LogP contribution in [0.5, 0.6) is 57.5 Å². The predicted molar refractivity (Wildman–Crippen MR) is 342 cm³/mol. The first-order valence-corrected chi connectivity index (χ1v) is 33.2. The highest BCUT2D eigenvalue weighted by Crippen LogP contribution is 2.44. The average Bonchev–Trinajstić information content (AvgIpc) is 3.68. The molecule has 0 aliphatic carbocycles. The monoisotopic (exact) mass is 1150 g/mol. The summed E-state index contributed by atoms with van der Waals surface area (Å²) in [6, 6.07) is 16.1. The van der Waals surface area contributed by atoms with Gasteiger partial charge in [-0.05, 0) is 141 Å². The number of aliphatic hydroxyl groups excluding tert-OH is 1. The van der Waals surface area contributed by atoms with Crippen LogP contribution in [0.15, 0.2) is 48.5 Å². The Labute approximate surface area is 504 Å². The average molecular weight is 1160 g/mol. The molecule has 0 unspecified atom stereocenters. The van der Waals surface area contributed by atoms with Crippen LogP contribution >= 0.6 is 0 Å². The van der Waals surface area contributed by atoms with E-state index < -0.39 is 0 Å². The van der Waals surface area contributed by atoms with Gasteiger partial charge in [-0.3, -0.25) is 0 Å². The van der Waals surface area contributed by atoms with E-state index in [1.807, 2.05) is 36.4 Å². The number of hydrogen-bond donors (Lipinski definition) is 1. The number of hydrogen-bond acceptors (Lipinski definition) is 11. The summed E-state index contributed by atoms with van der Waals surface area (Å²) in [5.41, 5.74) is 5.29. The Morgan fingerprint density at radius 3 is 0.771 bits per heavy atom. The Hall–Kier alpha value is -5.16. The lowest BCUT2D eigenvalue weighted by Crippen LogP contribution is -2.09. The SMILES string of the molecule is CCCCCCOc1cc(COc2cc(CO)cc(OCc3cc(C)c(OCCCCCC)c(OCCCCCC)c3)c2OCc2cc(OCCCCCC)c(OCCCCCC)c(OCCCCCC)c2)cc(C)c1OCCCCCC. The molecule has 0 heterocycles. The molecule has 0 radical (unpaired) electrons. The lowest BCUT2D eigenvalue weighted by Gasteiger charge is -2.21. The van der Waals surface area contributed by atoms with E-state index in [2.05, 4.69) is 74.4 Å². The zero-order chi connectivity index (χ0) is 59.5. The first-order valence-electron chi connectivity index (χ1n) is 33.2. The van der Waals surface area contributed by atoms with E-state index in [4.69, 9.17) is 47.4 Å². The maximum Gasteiger partial charge on any atom is 0.203 e. The number of aliphatic hydroxyl groups is 1. The van der Waals surface area contributed by atoms with Gasteiger partial charge >= 0.3 is 0 Å². The first kappa shape index (κ1) is 70.3. The van der Waals surface area contributed by atoms with Gasteiger partial charge in [0.15, 0.2) is 46.0 Å². The second-order valence-electron chi connectivity index (χ2n) is 22.7. The third-order valence-electron chi connectivity index (χ3n) is 14.9. The van der Waals surface area contributed by atoms with Gasteiger partial charge in [0.2, 0.25) is 11.5 Å². The maximum absolute atomic E-state index is 10.8. The fraction of sp³-hybridized carbons (Fsp3) is 0.667. The van der Waals surface area contributed by atoms with Gasteiger partial charge in [-0.2, -0.15) is 0 Å². The second kappa shape index (κ2) is 44.3. The summed E-state index contributed by atoms with van der Waals surface area (Å²) in [7, 11) is 0. The number of rotatable bonds is 52. The third-order valence-corrected chi connectivity index (χ3v) is 14.9. The Kier molecular flexibility index (Phi) is 37.6. The van der Waals surface area contributed by atoms with Crippen LogP contribution in [0, 0.1) is 13.8 Å². The molecule has 0 aromatic heterocycles. The minimum absolute atomic E-state index is 0.138. The molecule has 0 aliphatic heterocycles. The highest BCUT2D eigenvalue weighted by molar-refractivity contribution is 5.57. The molecular formula is C72H114O11. The van der Waals surface area contributed by atoms with Gasteiger partial charge in [-0.1, -0.05) is 183 Å². The molecule has 4 aromatic rings. The van der Waals surface area contributed by atoms with Gasteiger partial charge in [0.25, 0.3) is 0 Å². The van der Waals surface area contributed by atoms with Crippen molar-refractivity contribution in [2.24, 2.45) is 0 Å².